The van der Waals surface area contributed by atoms with Crippen molar-refractivity contribution in [2.24, 2.45) is 0 Å². The largest absolute Gasteiger partial charge is 0.490 e. The van der Waals surface area contributed by atoms with Gasteiger partial charge in [0.2, 0.25) is 0 Å². The van der Waals surface area contributed by atoms with Gasteiger partial charge in [0.25, 0.3) is 5.91 Å². The summed E-state index contributed by atoms with van der Waals surface area (Å²) in [6, 6.07) is 13.2. The number of hydrogen-bond donors (Lipinski definition) is 1. The molecule has 0 saturated carbocycles. The van der Waals surface area contributed by atoms with Gasteiger partial charge in [-0.3, -0.25) is 25.0 Å². The van der Waals surface area contributed by atoms with E-state index in [0.29, 0.717) is 10.6 Å². The Hall–Kier alpha value is -3.79. The van der Waals surface area contributed by atoms with Crippen molar-refractivity contribution in [1.82, 2.24) is 4.98 Å². The van der Waals surface area contributed by atoms with Crippen LogP contribution in [0.15, 0.2) is 48.5 Å². The van der Waals surface area contributed by atoms with Gasteiger partial charge in [-0.25, -0.2) is 4.98 Å². The van der Waals surface area contributed by atoms with Crippen LogP contribution in [0.2, 0.25) is 0 Å². The number of anilines is 1. The van der Waals surface area contributed by atoms with Crippen LogP contribution in [0.25, 0.3) is 11.3 Å². The number of esters is 1. The van der Waals surface area contributed by atoms with Crippen molar-refractivity contribution in [3.63, 3.8) is 0 Å². The summed E-state index contributed by atoms with van der Waals surface area (Å²) in [6.45, 7) is 1.99. The Balaban J connectivity index is 1.90. The molecular formula is C21H19N3O6S. The van der Waals surface area contributed by atoms with Gasteiger partial charge in [0, 0.05) is 22.1 Å². The maximum absolute atomic E-state index is 12.7. The van der Waals surface area contributed by atoms with E-state index in [-0.39, 0.29) is 35.2 Å². The lowest BCUT2D eigenvalue weighted by atomic mass is 10.1. The molecule has 2 aromatic carbocycles. The second-order valence-electron chi connectivity index (χ2n) is 6.24. The molecule has 160 valence electrons. The molecule has 0 aliphatic heterocycles. The summed E-state index contributed by atoms with van der Waals surface area (Å²) in [5.41, 5.74) is 1.12. The Kier molecular flexibility index (Phi) is 6.93. The number of thiazole rings is 1. The molecule has 10 heteroatoms. The number of benzene rings is 2. The third-order valence-corrected chi connectivity index (χ3v) is 5.18. The summed E-state index contributed by atoms with van der Waals surface area (Å²) in [7, 11) is 1.31. The van der Waals surface area contributed by atoms with Crippen molar-refractivity contribution in [2.45, 2.75) is 13.3 Å². The smallest absolute Gasteiger partial charge is 0.311 e. The van der Waals surface area contributed by atoms with Crippen molar-refractivity contribution in [2.75, 3.05) is 19.0 Å². The SMILES string of the molecule is CCOC(=O)Cc1sc(NC(=O)c2ccc(OC)c([N+](=O)[O-])c2)nc1-c1ccccc1. The Morgan fingerprint density at radius 2 is 1.94 bits per heavy atom. The molecule has 0 spiro atoms. The van der Waals surface area contributed by atoms with E-state index in [2.05, 4.69) is 10.3 Å². The molecule has 3 rings (SSSR count). The maximum atomic E-state index is 12.7. The number of hydrogen-bond acceptors (Lipinski definition) is 8. The Morgan fingerprint density at radius 3 is 2.58 bits per heavy atom. The number of nitrogens with zero attached hydrogens (tertiary/aromatic N) is 2. The standard InChI is InChI=1S/C21H19N3O6S/c1-3-30-18(25)12-17-19(13-7-5-4-6-8-13)22-21(31-17)23-20(26)14-9-10-16(29-2)15(11-14)24(27)28/h4-11H,3,12H2,1-2H3,(H,22,23,26). The summed E-state index contributed by atoms with van der Waals surface area (Å²) in [4.78, 5) is 40.4. The van der Waals surface area contributed by atoms with E-state index in [0.717, 1.165) is 23.0 Å². The zero-order valence-electron chi connectivity index (χ0n) is 16.8. The average molecular weight is 441 g/mol. The highest BCUT2D eigenvalue weighted by molar-refractivity contribution is 7.16. The van der Waals surface area contributed by atoms with Crippen LogP contribution in [0.3, 0.4) is 0 Å². The zero-order valence-corrected chi connectivity index (χ0v) is 17.6. The second kappa shape index (κ2) is 9.81. The molecule has 0 unspecified atom stereocenters. The van der Waals surface area contributed by atoms with Gasteiger partial charge in [-0.2, -0.15) is 0 Å². The third-order valence-electron chi connectivity index (χ3n) is 4.21. The van der Waals surface area contributed by atoms with E-state index in [1.807, 2.05) is 30.3 Å². The first-order chi connectivity index (χ1) is 14.9. The number of nitro groups is 1. The van der Waals surface area contributed by atoms with Crippen LogP contribution < -0.4 is 10.1 Å². The van der Waals surface area contributed by atoms with Crippen LogP contribution in [0.1, 0.15) is 22.2 Å². The number of carbonyl (C=O) groups is 2. The molecule has 0 fully saturated rings. The van der Waals surface area contributed by atoms with Gasteiger partial charge in [0.1, 0.15) is 0 Å². The van der Waals surface area contributed by atoms with E-state index in [4.69, 9.17) is 9.47 Å². The Labute approximate surface area is 181 Å². The number of nitrogens with one attached hydrogen (secondary N) is 1. The molecule has 0 radical (unpaired) electrons. The molecule has 1 aromatic heterocycles. The molecule has 1 amide bonds. The van der Waals surface area contributed by atoms with E-state index in [1.54, 1.807) is 6.92 Å². The van der Waals surface area contributed by atoms with E-state index in [1.165, 1.54) is 19.2 Å². The summed E-state index contributed by atoms with van der Waals surface area (Å²) in [5, 5.41) is 14.1. The highest BCUT2D eigenvalue weighted by Gasteiger charge is 2.21. The predicted molar refractivity (Wildman–Crippen MR) is 115 cm³/mol. The van der Waals surface area contributed by atoms with Crippen molar-refractivity contribution in [3.05, 3.63) is 69.1 Å². The fourth-order valence-electron chi connectivity index (χ4n) is 2.83. The molecule has 1 heterocycles. The average Bonchev–Trinajstić information content (AvgIpc) is 3.15. The molecule has 0 atom stereocenters. The van der Waals surface area contributed by atoms with Crippen molar-refractivity contribution >= 4 is 34.0 Å². The first-order valence-corrected chi connectivity index (χ1v) is 10.1. The molecule has 0 aliphatic carbocycles. The van der Waals surface area contributed by atoms with Gasteiger partial charge in [-0.15, -0.1) is 11.3 Å². The number of methoxy groups -OCH3 is 1. The molecule has 0 aliphatic rings. The van der Waals surface area contributed by atoms with E-state index in [9.17, 15) is 19.7 Å². The van der Waals surface area contributed by atoms with E-state index >= 15 is 0 Å². The fraction of sp³-hybridized carbons (Fsp3) is 0.190. The van der Waals surface area contributed by atoms with Crippen LogP contribution in [0.5, 0.6) is 5.75 Å². The number of nitro benzene ring substituents is 1. The molecule has 0 saturated heterocycles. The lowest BCUT2D eigenvalue weighted by Gasteiger charge is -2.05. The molecule has 9 nitrogen and oxygen atoms in total. The molecule has 31 heavy (non-hydrogen) atoms. The molecule has 1 N–H and O–H groups in total. The molecule has 0 bridgehead atoms. The van der Waals surface area contributed by atoms with E-state index < -0.39 is 16.8 Å². The summed E-state index contributed by atoms with van der Waals surface area (Å²) >= 11 is 1.15. The first-order valence-electron chi connectivity index (χ1n) is 9.27. The lowest BCUT2D eigenvalue weighted by molar-refractivity contribution is -0.385. The van der Waals surface area contributed by atoms with Crippen LogP contribution in [-0.4, -0.2) is 35.5 Å². The van der Waals surface area contributed by atoms with Crippen LogP contribution in [0.4, 0.5) is 10.8 Å². The van der Waals surface area contributed by atoms with Gasteiger partial charge in [0.05, 0.1) is 30.8 Å². The topological polar surface area (TPSA) is 121 Å². The van der Waals surface area contributed by atoms with Crippen LogP contribution >= 0.6 is 11.3 Å². The van der Waals surface area contributed by atoms with Crippen molar-refractivity contribution in [1.29, 1.82) is 0 Å². The van der Waals surface area contributed by atoms with Gasteiger partial charge in [-0.05, 0) is 19.1 Å². The zero-order chi connectivity index (χ0) is 22.4. The number of amides is 1. The fourth-order valence-corrected chi connectivity index (χ4v) is 3.80. The molecule has 3 aromatic rings. The minimum absolute atomic E-state index is 0.0135. The first kappa shape index (κ1) is 21.9. The van der Waals surface area contributed by atoms with Gasteiger partial charge < -0.3 is 9.47 Å². The normalized spacial score (nSPS) is 10.4. The van der Waals surface area contributed by atoms with Crippen molar-refractivity contribution in [3.8, 4) is 17.0 Å². The highest BCUT2D eigenvalue weighted by Crippen LogP contribution is 2.33. The summed E-state index contributed by atoms with van der Waals surface area (Å²) < 4.78 is 9.99. The number of aromatic nitrogens is 1. The highest BCUT2D eigenvalue weighted by atomic mass is 32.1. The monoisotopic (exact) mass is 441 g/mol. The Bertz CT molecular complexity index is 1110. The second-order valence-corrected chi connectivity index (χ2v) is 7.32. The van der Waals surface area contributed by atoms with Crippen LogP contribution in [-0.2, 0) is 16.0 Å². The molecular weight excluding hydrogens is 422 g/mol. The number of ether oxygens (including phenoxy) is 2. The number of carbonyl (C=O) groups excluding carboxylic acids is 2. The third kappa shape index (κ3) is 5.23. The summed E-state index contributed by atoms with van der Waals surface area (Å²) in [5.74, 6) is -0.910. The number of rotatable bonds is 8. The Morgan fingerprint density at radius 1 is 1.19 bits per heavy atom. The van der Waals surface area contributed by atoms with Gasteiger partial charge in [-0.1, -0.05) is 30.3 Å². The minimum atomic E-state index is -0.621. The quantitative estimate of drug-likeness (QED) is 0.317. The van der Waals surface area contributed by atoms with Crippen molar-refractivity contribution < 1.29 is 24.0 Å². The van der Waals surface area contributed by atoms with Gasteiger partial charge >= 0.3 is 11.7 Å². The summed E-state index contributed by atoms with van der Waals surface area (Å²) in [6.07, 6.45) is 0.0135. The van der Waals surface area contributed by atoms with Gasteiger partial charge in [0.15, 0.2) is 10.9 Å². The minimum Gasteiger partial charge on any atom is -0.490 e. The lowest BCUT2D eigenvalue weighted by Crippen LogP contribution is -2.12. The van der Waals surface area contributed by atoms with Crippen LogP contribution in [0, 0.1) is 10.1 Å². The maximum Gasteiger partial charge on any atom is 0.311 e. The predicted octanol–water partition coefficient (Wildman–Crippen LogP) is 4.08.